The zero-order chi connectivity index (χ0) is 15.6. The van der Waals surface area contributed by atoms with E-state index in [1.165, 1.54) is 19.1 Å². The Labute approximate surface area is 124 Å². The highest BCUT2D eigenvalue weighted by molar-refractivity contribution is 7.18. The minimum absolute atomic E-state index is 0.135. The summed E-state index contributed by atoms with van der Waals surface area (Å²) in [5.74, 6) is -0.594. The third kappa shape index (κ3) is 3.25. The largest absolute Gasteiger partial charge is 0.356 e. The molecule has 7 heteroatoms. The van der Waals surface area contributed by atoms with Gasteiger partial charge in [-0.2, -0.15) is 0 Å². The molecule has 110 valence electrons. The molecule has 0 amide bonds. The minimum Gasteiger partial charge on any atom is -0.356 e. The fourth-order valence-corrected chi connectivity index (χ4v) is 2.88. The molecule has 0 unspecified atom stereocenters. The summed E-state index contributed by atoms with van der Waals surface area (Å²) < 4.78 is 13.6. The zero-order valence-electron chi connectivity index (χ0n) is 11.5. The highest BCUT2D eigenvalue weighted by Crippen LogP contribution is 2.37. The first kappa shape index (κ1) is 15.1. The predicted molar refractivity (Wildman–Crippen MR) is 79.5 cm³/mol. The van der Waals surface area contributed by atoms with Gasteiger partial charge in [0.25, 0.3) is 0 Å². The summed E-state index contributed by atoms with van der Waals surface area (Å²) in [4.78, 5) is 23.8. The van der Waals surface area contributed by atoms with Crippen LogP contribution in [0.2, 0.25) is 0 Å². The summed E-state index contributed by atoms with van der Waals surface area (Å²) in [6, 6.07) is 7.51. The fourth-order valence-electron chi connectivity index (χ4n) is 1.90. The quantitative estimate of drug-likeness (QED) is 0.480. The van der Waals surface area contributed by atoms with Gasteiger partial charge in [0.05, 0.1) is 9.80 Å². The maximum Gasteiger partial charge on any atom is 0.304 e. The number of Topliss-reactive ketones (excluding diaryl/α,β-unsaturated/α-hetero) is 1. The number of benzene rings is 1. The summed E-state index contributed by atoms with van der Waals surface area (Å²) in [5, 5.41) is 11.4. The first-order valence-corrected chi connectivity index (χ1v) is 6.95. The van der Waals surface area contributed by atoms with Crippen molar-refractivity contribution in [3.05, 3.63) is 56.7 Å². The lowest BCUT2D eigenvalue weighted by molar-refractivity contribution is -0.383. The summed E-state index contributed by atoms with van der Waals surface area (Å²) in [7, 11) is 1.63. The zero-order valence-corrected chi connectivity index (χ0v) is 12.3. The average Bonchev–Trinajstić information content (AvgIpc) is 2.87. The highest BCUT2D eigenvalue weighted by atomic mass is 32.1. The third-order valence-electron chi connectivity index (χ3n) is 2.95. The molecule has 0 aliphatic carbocycles. The van der Waals surface area contributed by atoms with Gasteiger partial charge in [-0.25, -0.2) is 4.39 Å². The fraction of sp³-hybridized carbons (Fsp3) is 0.214. The standard InChI is InChI=1S/C14H13FN2O3S/c1-9(18)13-7-12(17(19)20)14(21-13)16(2)8-10-5-3-4-6-11(10)15/h3-7H,8H2,1-2H3. The Hall–Kier alpha value is -2.28. The second kappa shape index (κ2) is 6.01. The van der Waals surface area contributed by atoms with Crippen LogP contribution in [0.15, 0.2) is 30.3 Å². The van der Waals surface area contributed by atoms with E-state index in [4.69, 9.17) is 0 Å². The van der Waals surface area contributed by atoms with Crippen LogP contribution in [-0.2, 0) is 6.54 Å². The van der Waals surface area contributed by atoms with E-state index in [0.717, 1.165) is 11.3 Å². The van der Waals surface area contributed by atoms with Crippen LogP contribution in [0.5, 0.6) is 0 Å². The van der Waals surface area contributed by atoms with Gasteiger partial charge in [0.15, 0.2) is 10.8 Å². The predicted octanol–water partition coefficient (Wildman–Crippen LogP) is 3.63. The van der Waals surface area contributed by atoms with E-state index >= 15 is 0 Å². The van der Waals surface area contributed by atoms with Gasteiger partial charge >= 0.3 is 5.69 Å². The average molecular weight is 308 g/mol. The summed E-state index contributed by atoms with van der Waals surface area (Å²) >= 11 is 1.04. The van der Waals surface area contributed by atoms with Crippen LogP contribution in [0.4, 0.5) is 15.1 Å². The molecule has 2 aromatic rings. The molecule has 0 spiro atoms. The molecule has 0 aliphatic heterocycles. The third-order valence-corrected chi connectivity index (χ3v) is 4.29. The number of rotatable bonds is 5. The molecular weight excluding hydrogens is 295 g/mol. The number of halogens is 1. The Morgan fingerprint density at radius 3 is 2.67 bits per heavy atom. The molecule has 5 nitrogen and oxygen atoms in total. The molecule has 1 heterocycles. The maximum atomic E-state index is 13.6. The Morgan fingerprint density at radius 2 is 2.10 bits per heavy atom. The maximum absolute atomic E-state index is 13.6. The molecule has 0 saturated carbocycles. The number of carbonyl (C=O) groups is 1. The van der Waals surface area contributed by atoms with Crippen molar-refractivity contribution in [2.75, 3.05) is 11.9 Å². The molecule has 1 aromatic carbocycles. The van der Waals surface area contributed by atoms with Crippen molar-refractivity contribution in [3.8, 4) is 0 Å². The normalized spacial score (nSPS) is 10.4. The Bertz CT molecular complexity index is 699. The SMILES string of the molecule is CC(=O)c1cc([N+](=O)[O-])c(N(C)Cc2ccccc2F)s1. The van der Waals surface area contributed by atoms with Crippen LogP contribution < -0.4 is 4.90 Å². The van der Waals surface area contributed by atoms with Gasteiger partial charge in [0, 0.05) is 25.2 Å². The van der Waals surface area contributed by atoms with Crippen LogP contribution in [0.1, 0.15) is 22.2 Å². The lowest BCUT2D eigenvalue weighted by Crippen LogP contribution is -2.17. The van der Waals surface area contributed by atoms with E-state index in [9.17, 15) is 19.3 Å². The van der Waals surface area contributed by atoms with E-state index in [1.54, 1.807) is 30.1 Å². The Kier molecular flexibility index (Phi) is 4.32. The van der Waals surface area contributed by atoms with Gasteiger partial charge in [-0.05, 0) is 13.0 Å². The number of nitrogens with zero attached hydrogens (tertiary/aromatic N) is 2. The van der Waals surface area contributed by atoms with Gasteiger partial charge in [-0.15, -0.1) is 11.3 Å². The van der Waals surface area contributed by atoms with Crippen LogP contribution in [-0.4, -0.2) is 17.8 Å². The number of hydrogen-bond acceptors (Lipinski definition) is 5. The summed E-state index contributed by atoms with van der Waals surface area (Å²) in [6.45, 7) is 1.54. The topological polar surface area (TPSA) is 63.4 Å². The number of anilines is 1. The Morgan fingerprint density at radius 1 is 1.43 bits per heavy atom. The number of carbonyl (C=O) groups excluding carboxylic acids is 1. The van der Waals surface area contributed by atoms with Crippen molar-refractivity contribution in [1.82, 2.24) is 0 Å². The number of nitro groups is 1. The summed E-state index contributed by atoms with van der Waals surface area (Å²) in [6.07, 6.45) is 0. The van der Waals surface area contributed by atoms with Crippen molar-refractivity contribution in [2.45, 2.75) is 13.5 Å². The molecule has 0 fully saturated rings. The molecule has 2 rings (SSSR count). The first-order valence-electron chi connectivity index (χ1n) is 6.14. The van der Waals surface area contributed by atoms with Crippen molar-refractivity contribution >= 4 is 27.8 Å². The second-order valence-corrected chi connectivity index (χ2v) is 5.59. The molecule has 0 radical (unpaired) electrons. The molecule has 0 aliphatic rings. The monoisotopic (exact) mass is 308 g/mol. The van der Waals surface area contributed by atoms with Crippen molar-refractivity contribution < 1.29 is 14.1 Å². The molecule has 0 bridgehead atoms. The molecule has 0 N–H and O–H groups in total. The number of ketones is 1. The van der Waals surface area contributed by atoms with Crippen molar-refractivity contribution in [1.29, 1.82) is 0 Å². The molecule has 0 saturated heterocycles. The van der Waals surface area contributed by atoms with Crippen molar-refractivity contribution in [2.24, 2.45) is 0 Å². The second-order valence-electron chi connectivity index (χ2n) is 4.56. The van der Waals surface area contributed by atoms with Gasteiger partial charge in [0.2, 0.25) is 0 Å². The van der Waals surface area contributed by atoms with Crippen LogP contribution >= 0.6 is 11.3 Å². The molecule has 1 aromatic heterocycles. The van der Waals surface area contributed by atoms with E-state index in [-0.39, 0.29) is 23.8 Å². The van der Waals surface area contributed by atoms with Crippen LogP contribution in [0.3, 0.4) is 0 Å². The molecule has 21 heavy (non-hydrogen) atoms. The molecular formula is C14H13FN2O3S. The molecule has 0 atom stereocenters. The van der Waals surface area contributed by atoms with E-state index < -0.39 is 4.92 Å². The Balaban J connectivity index is 2.34. The number of hydrogen-bond donors (Lipinski definition) is 0. The number of thiophene rings is 1. The van der Waals surface area contributed by atoms with Crippen LogP contribution in [0, 0.1) is 15.9 Å². The lowest BCUT2D eigenvalue weighted by Gasteiger charge is -2.17. The minimum atomic E-state index is -0.532. The van der Waals surface area contributed by atoms with Gasteiger partial charge < -0.3 is 4.90 Å². The van der Waals surface area contributed by atoms with Gasteiger partial charge in [-0.3, -0.25) is 14.9 Å². The first-order chi connectivity index (χ1) is 9.90. The highest BCUT2D eigenvalue weighted by Gasteiger charge is 2.24. The smallest absolute Gasteiger partial charge is 0.304 e. The van der Waals surface area contributed by atoms with E-state index in [0.29, 0.717) is 15.4 Å². The van der Waals surface area contributed by atoms with Gasteiger partial charge in [0.1, 0.15) is 5.82 Å². The van der Waals surface area contributed by atoms with Gasteiger partial charge in [-0.1, -0.05) is 18.2 Å². The lowest BCUT2D eigenvalue weighted by atomic mass is 10.2. The van der Waals surface area contributed by atoms with Crippen molar-refractivity contribution in [3.63, 3.8) is 0 Å². The van der Waals surface area contributed by atoms with Crippen LogP contribution in [0.25, 0.3) is 0 Å². The summed E-state index contributed by atoms with van der Waals surface area (Å²) in [5.41, 5.74) is 0.302. The van der Waals surface area contributed by atoms with E-state index in [1.807, 2.05) is 0 Å². The van der Waals surface area contributed by atoms with E-state index in [2.05, 4.69) is 0 Å².